The first-order chi connectivity index (χ1) is 11.0. The summed E-state index contributed by atoms with van der Waals surface area (Å²) < 4.78 is 0. The number of carbonyl (C=O) groups is 1. The number of carbonyl (C=O) groups excluding carboxylic acids is 1. The molecule has 1 aromatic heterocycles. The molecule has 23 heavy (non-hydrogen) atoms. The van der Waals surface area contributed by atoms with Gasteiger partial charge in [-0.2, -0.15) is 15.0 Å². The second kappa shape index (κ2) is 7.77. The average molecular weight is 332 g/mol. The van der Waals surface area contributed by atoms with Gasteiger partial charge in [-0.15, -0.1) is 11.8 Å². The highest BCUT2D eigenvalue weighted by molar-refractivity contribution is 7.99. The highest BCUT2D eigenvalue weighted by atomic mass is 32.2. The predicted octanol–water partition coefficient (Wildman–Crippen LogP) is 1.78. The summed E-state index contributed by atoms with van der Waals surface area (Å²) in [5.74, 6) is 1.67. The number of hydrogen-bond acceptors (Lipinski definition) is 7. The van der Waals surface area contributed by atoms with Crippen LogP contribution >= 0.6 is 11.8 Å². The average Bonchev–Trinajstić information content (AvgIpc) is 2.53. The first kappa shape index (κ1) is 17.0. The van der Waals surface area contributed by atoms with Gasteiger partial charge in [0, 0.05) is 19.8 Å². The van der Waals surface area contributed by atoms with Crippen LogP contribution in [0.1, 0.15) is 12.7 Å². The Morgan fingerprint density at radius 2 is 1.96 bits per heavy atom. The van der Waals surface area contributed by atoms with Crippen molar-refractivity contribution >= 4 is 35.3 Å². The van der Waals surface area contributed by atoms with E-state index in [0.29, 0.717) is 17.5 Å². The van der Waals surface area contributed by atoms with Gasteiger partial charge in [-0.05, 0) is 19.1 Å². The van der Waals surface area contributed by atoms with Crippen LogP contribution in [0.4, 0.5) is 17.6 Å². The van der Waals surface area contributed by atoms with Crippen molar-refractivity contribution in [2.45, 2.75) is 17.9 Å². The largest absolute Gasteiger partial charge is 0.368 e. The molecule has 1 amide bonds. The zero-order chi connectivity index (χ0) is 16.8. The standard InChI is InChI=1S/C15H20N6OS/c1-10(13(22)17-11-7-5-4-6-8-11)23-9-12-18-14(16)20-15(19-12)21(2)3/h4-8,10H,9H2,1-3H3,(H,17,22)(H2,16,18,19,20). The molecule has 2 rings (SSSR count). The molecule has 1 unspecified atom stereocenters. The molecule has 0 aliphatic heterocycles. The van der Waals surface area contributed by atoms with E-state index in [4.69, 9.17) is 5.73 Å². The fourth-order valence-electron chi connectivity index (χ4n) is 1.73. The van der Waals surface area contributed by atoms with Crippen molar-refractivity contribution in [3.63, 3.8) is 0 Å². The summed E-state index contributed by atoms with van der Waals surface area (Å²) in [6.07, 6.45) is 0. The molecule has 0 saturated carbocycles. The van der Waals surface area contributed by atoms with Crippen molar-refractivity contribution in [2.24, 2.45) is 0 Å². The molecule has 122 valence electrons. The van der Waals surface area contributed by atoms with Crippen LogP contribution in [0.15, 0.2) is 30.3 Å². The number of aromatic nitrogens is 3. The van der Waals surface area contributed by atoms with Gasteiger partial charge >= 0.3 is 0 Å². The van der Waals surface area contributed by atoms with E-state index >= 15 is 0 Å². The van der Waals surface area contributed by atoms with Crippen molar-refractivity contribution in [1.29, 1.82) is 0 Å². The molecule has 3 N–H and O–H groups in total. The number of nitrogens with zero attached hydrogens (tertiary/aromatic N) is 4. The molecular weight excluding hydrogens is 312 g/mol. The number of nitrogens with one attached hydrogen (secondary N) is 1. The van der Waals surface area contributed by atoms with E-state index in [9.17, 15) is 4.79 Å². The Balaban J connectivity index is 1.93. The van der Waals surface area contributed by atoms with Crippen LogP contribution in [0.2, 0.25) is 0 Å². The number of nitrogens with two attached hydrogens (primary N) is 1. The first-order valence-electron chi connectivity index (χ1n) is 7.11. The van der Waals surface area contributed by atoms with Crippen molar-refractivity contribution in [1.82, 2.24) is 15.0 Å². The maximum atomic E-state index is 12.2. The van der Waals surface area contributed by atoms with Gasteiger partial charge in [0.15, 0.2) is 0 Å². The van der Waals surface area contributed by atoms with Crippen LogP contribution in [-0.2, 0) is 10.5 Å². The molecule has 0 fully saturated rings. The van der Waals surface area contributed by atoms with Crippen molar-refractivity contribution < 1.29 is 4.79 Å². The SMILES string of the molecule is CC(SCc1nc(N)nc(N(C)C)n1)C(=O)Nc1ccccc1. The number of benzene rings is 1. The van der Waals surface area contributed by atoms with E-state index in [0.717, 1.165) is 5.69 Å². The van der Waals surface area contributed by atoms with Crippen LogP contribution in [0.25, 0.3) is 0 Å². The normalized spacial score (nSPS) is 11.8. The number of amides is 1. The Hall–Kier alpha value is -2.35. The molecule has 0 bridgehead atoms. The van der Waals surface area contributed by atoms with Gasteiger partial charge in [-0.1, -0.05) is 18.2 Å². The minimum Gasteiger partial charge on any atom is -0.368 e. The lowest BCUT2D eigenvalue weighted by molar-refractivity contribution is -0.115. The summed E-state index contributed by atoms with van der Waals surface area (Å²) in [6.45, 7) is 1.85. The lowest BCUT2D eigenvalue weighted by atomic mass is 10.3. The Bertz CT molecular complexity index is 664. The molecule has 0 aliphatic rings. The lowest BCUT2D eigenvalue weighted by Gasteiger charge is -2.13. The van der Waals surface area contributed by atoms with Gasteiger partial charge in [-0.25, -0.2) is 0 Å². The summed E-state index contributed by atoms with van der Waals surface area (Å²) in [7, 11) is 3.67. The van der Waals surface area contributed by atoms with E-state index in [2.05, 4.69) is 20.3 Å². The number of thioether (sulfide) groups is 1. The molecule has 1 aromatic carbocycles. The van der Waals surface area contributed by atoms with Crippen LogP contribution in [-0.4, -0.2) is 40.2 Å². The van der Waals surface area contributed by atoms with E-state index in [1.165, 1.54) is 11.8 Å². The molecule has 8 heteroatoms. The minimum atomic E-state index is -0.240. The van der Waals surface area contributed by atoms with Gasteiger partial charge < -0.3 is 16.0 Å². The Morgan fingerprint density at radius 1 is 1.26 bits per heavy atom. The molecule has 1 heterocycles. The molecule has 2 aromatic rings. The predicted molar refractivity (Wildman–Crippen MR) is 94.4 cm³/mol. The highest BCUT2D eigenvalue weighted by Crippen LogP contribution is 2.19. The molecule has 0 aliphatic carbocycles. The number of rotatable bonds is 6. The van der Waals surface area contributed by atoms with Crippen LogP contribution in [0.5, 0.6) is 0 Å². The maximum absolute atomic E-state index is 12.2. The van der Waals surface area contributed by atoms with Crippen molar-refractivity contribution in [3.8, 4) is 0 Å². The zero-order valence-electron chi connectivity index (χ0n) is 13.4. The smallest absolute Gasteiger partial charge is 0.237 e. The third kappa shape index (κ3) is 5.10. The first-order valence-corrected chi connectivity index (χ1v) is 8.16. The number of para-hydroxylation sites is 1. The summed E-state index contributed by atoms with van der Waals surface area (Å²) >= 11 is 1.45. The molecule has 0 radical (unpaired) electrons. The zero-order valence-corrected chi connectivity index (χ0v) is 14.2. The quantitative estimate of drug-likeness (QED) is 0.832. The summed E-state index contributed by atoms with van der Waals surface area (Å²) in [6, 6.07) is 9.37. The number of hydrogen-bond donors (Lipinski definition) is 2. The van der Waals surface area contributed by atoms with E-state index in [1.54, 1.807) is 4.90 Å². The summed E-state index contributed by atoms with van der Waals surface area (Å²) in [4.78, 5) is 26.4. The minimum absolute atomic E-state index is 0.0592. The van der Waals surface area contributed by atoms with Gasteiger partial charge in [0.1, 0.15) is 5.82 Å². The van der Waals surface area contributed by atoms with Gasteiger partial charge in [0.25, 0.3) is 0 Å². The van der Waals surface area contributed by atoms with Crippen molar-refractivity contribution in [2.75, 3.05) is 30.0 Å². The maximum Gasteiger partial charge on any atom is 0.237 e. The van der Waals surface area contributed by atoms with E-state index in [-0.39, 0.29) is 17.1 Å². The van der Waals surface area contributed by atoms with Gasteiger partial charge in [0.2, 0.25) is 17.8 Å². The molecule has 1 atom stereocenters. The van der Waals surface area contributed by atoms with Crippen molar-refractivity contribution in [3.05, 3.63) is 36.2 Å². The topological polar surface area (TPSA) is 97.0 Å². The Labute approximate surface area is 139 Å². The fourth-order valence-corrected chi connectivity index (χ4v) is 2.47. The van der Waals surface area contributed by atoms with E-state index in [1.807, 2.05) is 51.4 Å². The molecule has 7 nitrogen and oxygen atoms in total. The molecular formula is C15H20N6OS. The second-order valence-electron chi connectivity index (χ2n) is 5.11. The van der Waals surface area contributed by atoms with Crippen LogP contribution < -0.4 is 16.0 Å². The monoisotopic (exact) mass is 332 g/mol. The molecule has 0 saturated heterocycles. The summed E-state index contributed by atoms with van der Waals surface area (Å²) in [5.41, 5.74) is 6.47. The Kier molecular flexibility index (Phi) is 5.75. The lowest BCUT2D eigenvalue weighted by Crippen LogP contribution is -2.23. The number of nitrogen functional groups attached to an aromatic ring is 1. The Morgan fingerprint density at radius 3 is 2.61 bits per heavy atom. The third-order valence-electron chi connectivity index (χ3n) is 2.96. The van der Waals surface area contributed by atoms with Crippen LogP contribution in [0, 0.1) is 0 Å². The highest BCUT2D eigenvalue weighted by Gasteiger charge is 2.15. The second-order valence-corrected chi connectivity index (χ2v) is 6.44. The van der Waals surface area contributed by atoms with E-state index < -0.39 is 0 Å². The summed E-state index contributed by atoms with van der Waals surface area (Å²) in [5, 5.41) is 2.63. The van der Waals surface area contributed by atoms with Gasteiger partial charge in [-0.3, -0.25) is 4.79 Å². The van der Waals surface area contributed by atoms with Crippen LogP contribution in [0.3, 0.4) is 0 Å². The number of anilines is 3. The third-order valence-corrected chi connectivity index (χ3v) is 4.10. The van der Waals surface area contributed by atoms with Gasteiger partial charge in [0.05, 0.1) is 11.0 Å². The fraction of sp³-hybridized carbons (Fsp3) is 0.333. The molecule has 0 spiro atoms.